The molecule has 0 radical (unpaired) electrons. The number of amides is 4. The largest absolute Gasteiger partial charge is 0.470 e. The molecule has 0 bridgehead atoms. The maximum Gasteiger partial charge on any atom is 0.470 e. The molecule has 4 N–H and O–H groups in total. The Hall–Kier alpha value is -3.09. The fraction of sp³-hybridized carbons (Fsp3) is 0.800. The Bertz CT molecular complexity index is 1010. The monoisotopic (exact) mass is 599 g/mol. The zero-order chi connectivity index (χ0) is 31.4. The van der Waals surface area contributed by atoms with Crippen molar-refractivity contribution >= 4 is 24.1 Å². The van der Waals surface area contributed by atoms with Crippen molar-refractivity contribution < 1.29 is 50.3 Å². The second-order valence-corrected chi connectivity index (χ2v) is 11.5. The van der Waals surface area contributed by atoms with Crippen LogP contribution in [0.1, 0.15) is 52.9 Å². The van der Waals surface area contributed by atoms with Gasteiger partial charge in [0, 0.05) is 24.5 Å². The Morgan fingerprint density at radius 3 is 2.15 bits per heavy atom. The lowest BCUT2D eigenvalue weighted by atomic mass is 9.96. The fourth-order valence-corrected chi connectivity index (χ4v) is 5.18. The highest BCUT2D eigenvalue weighted by atomic mass is 19.4. The summed E-state index contributed by atoms with van der Waals surface area (Å²) in [5.74, 6) is -1.33. The van der Waals surface area contributed by atoms with E-state index in [9.17, 15) is 40.7 Å². The van der Waals surface area contributed by atoms with E-state index in [0.717, 1.165) is 32.4 Å². The molecular formula is C25H35F6N5O5. The highest BCUT2D eigenvalue weighted by Crippen LogP contribution is 2.62. The number of rotatable bonds is 8. The third-order valence-corrected chi connectivity index (χ3v) is 7.94. The first-order valence-electron chi connectivity index (χ1n) is 13.0. The van der Waals surface area contributed by atoms with Crippen LogP contribution in [0.4, 0.5) is 26.3 Å². The Morgan fingerprint density at radius 1 is 1.22 bits per heavy atom. The number of nitrogens with zero attached hydrogens (tertiary/aromatic N) is 2. The molecule has 0 aromatic rings. The van der Waals surface area contributed by atoms with Crippen LogP contribution >= 0.6 is 0 Å². The summed E-state index contributed by atoms with van der Waals surface area (Å²) in [5, 5.41) is 14.1. The van der Waals surface area contributed by atoms with Crippen LogP contribution in [0.3, 0.4) is 0 Å². The maximum atomic E-state index is 12.0. The number of hydrogen-bond acceptors (Lipinski definition) is 6. The first-order chi connectivity index (χ1) is 18.7. The van der Waals surface area contributed by atoms with Crippen LogP contribution < -0.4 is 16.4 Å². The normalized spacial score (nSPS) is 26.1. The number of nitrogens with one attached hydrogen (secondary N) is 2. The number of carbonyl (C=O) groups excluding carboxylic acids is 4. The number of nitriles is 1. The van der Waals surface area contributed by atoms with E-state index in [1.165, 1.54) is 6.92 Å². The molecule has 4 amide bonds. The number of primary amides is 1. The van der Waals surface area contributed by atoms with Gasteiger partial charge in [-0.2, -0.15) is 31.6 Å². The number of hydrogen-bond donors (Lipinski definition) is 3. The van der Waals surface area contributed by atoms with Gasteiger partial charge in [0.2, 0.25) is 18.2 Å². The van der Waals surface area contributed by atoms with E-state index in [-0.39, 0.29) is 29.7 Å². The molecule has 2 aliphatic carbocycles. The number of ether oxygens (including phenoxy) is 1. The predicted octanol–water partition coefficient (Wildman–Crippen LogP) is 2.18. The van der Waals surface area contributed by atoms with Crippen LogP contribution in [0.2, 0.25) is 0 Å². The standard InChI is InChI=1S/C13H20F3NO2.C10H13N3O2.C2H2F3NO/c1-8(19-7-13(14,15)16)4-11(18)17-5-9-10(6-17)12(9,2)3;11-5-8(12-6-14)3-7-4-10(1-2-10)13-9(7)15;3-2(4,5)1(6)7/h8-10H,4-7H2,1-3H3;6-8H,1-4H2,(H,12,14)(H,13,15);(H2,6,7)/t8-,9?,10?;;/m1../s1. The van der Waals surface area contributed by atoms with Crippen molar-refractivity contribution in [3.63, 3.8) is 0 Å². The molecule has 1 spiro atoms. The van der Waals surface area contributed by atoms with Gasteiger partial charge in [-0.05, 0) is 49.9 Å². The van der Waals surface area contributed by atoms with Crippen molar-refractivity contribution in [1.82, 2.24) is 15.5 Å². The van der Waals surface area contributed by atoms with Crippen molar-refractivity contribution in [2.75, 3.05) is 19.7 Å². The SMILES string of the molecule is C[C@H](CC(=O)N1CC2C(C1)C2(C)C)OCC(F)(F)F.N#CC(CC1CC2(CC2)NC1=O)NC=O.NC(=O)C(F)(F)F. The van der Waals surface area contributed by atoms with Crippen molar-refractivity contribution in [2.45, 2.75) is 82.9 Å². The third kappa shape index (κ3) is 10.0. The lowest BCUT2D eigenvalue weighted by molar-refractivity contribution is -0.185. The Balaban J connectivity index is 0.000000238. The summed E-state index contributed by atoms with van der Waals surface area (Å²) in [4.78, 5) is 44.6. The highest BCUT2D eigenvalue weighted by Gasteiger charge is 2.62. The van der Waals surface area contributed by atoms with Crippen molar-refractivity contribution in [3.8, 4) is 6.07 Å². The summed E-state index contributed by atoms with van der Waals surface area (Å²) in [5.41, 5.74) is 4.18. The molecule has 4 aliphatic rings. The van der Waals surface area contributed by atoms with Gasteiger partial charge in [0.05, 0.1) is 18.6 Å². The molecule has 0 aromatic carbocycles. The van der Waals surface area contributed by atoms with Gasteiger partial charge in [-0.3, -0.25) is 19.2 Å². The average Bonchev–Trinajstić information content (AvgIpc) is 3.53. The smallest absolute Gasteiger partial charge is 0.369 e. The molecule has 10 nitrogen and oxygen atoms in total. The summed E-state index contributed by atoms with van der Waals surface area (Å²) < 4.78 is 72.7. The minimum atomic E-state index is -4.86. The van der Waals surface area contributed by atoms with Crippen LogP contribution in [0.5, 0.6) is 0 Å². The maximum absolute atomic E-state index is 12.0. The molecule has 232 valence electrons. The van der Waals surface area contributed by atoms with Gasteiger partial charge < -0.3 is 26.0 Å². The summed E-state index contributed by atoms with van der Waals surface area (Å²) >= 11 is 0. The molecule has 4 fully saturated rings. The highest BCUT2D eigenvalue weighted by molar-refractivity contribution is 5.83. The summed E-state index contributed by atoms with van der Waals surface area (Å²) in [7, 11) is 0. The fourth-order valence-electron chi connectivity index (χ4n) is 5.18. The van der Waals surface area contributed by atoms with Crippen LogP contribution in [-0.4, -0.2) is 78.8 Å². The second-order valence-electron chi connectivity index (χ2n) is 11.5. The zero-order valence-electron chi connectivity index (χ0n) is 22.9. The second kappa shape index (κ2) is 12.8. The molecule has 0 aromatic heterocycles. The molecular weight excluding hydrogens is 564 g/mol. The Morgan fingerprint density at radius 2 is 1.76 bits per heavy atom. The first-order valence-corrected chi connectivity index (χ1v) is 13.0. The van der Waals surface area contributed by atoms with Crippen LogP contribution in [-0.2, 0) is 23.9 Å². The number of likely N-dealkylation sites (tertiary alicyclic amines) is 1. The molecule has 5 atom stereocenters. The summed E-state index contributed by atoms with van der Waals surface area (Å²) in [6.07, 6.45) is -6.03. The minimum absolute atomic E-state index is 0.0238. The molecule has 2 saturated heterocycles. The number of piperidine rings is 1. The van der Waals surface area contributed by atoms with Crippen molar-refractivity contribution in [2.24, 2.45) is 28.9 Å². The molecule has 4 rings (SSSR count). The van der Waals surface area contributed by atoms with E-state index < -0.39 is 37.0 Å². The molecule has 2 heterocycles. The quantitative estimate of drug-likeness (QED) is 0.287. The lowest BCUT2D eigenvalue weighted by Crippen LogP contribution is -2.35. The molecule has 2 aliphatic heterocycles. The number of halogens is 6. The van der Waals surface area contributed by atoms with E-state index >= 15 is 0 Å². The van der Waals surface area contributed by atoms with E-state index in [1.54, 1.807) is 4.90 Å². The Labute approximate surface area is 233 Å². The van der Waals surface area contributed by atoms with E-state index in [2.05, 4.69) is 35.0 Å². The summed E-state index contributed by atoms with van der Waals surface area (Å²) in [6.45, 7) is 6.08. The molecule has 4 unspecified atom stereocenters. The van der Waals surface area contributed by atoms with Crippen molar-refractivity contribution in [3.05, 3.63) is 0 Å². The zero-order valence-corrected chi connectivity index (χ0v) is 22.9. The number of carbonyl (C=O) groups is 4. The minimum Gasteiger partial charge on any atom is -0.369 e. The summed E-state index contributed by atoms with van der Waals surface area (Å²) in [6, 6.07) is 1.43. The molecule has 2 saturated carbocycles. The molecule has 16 heteroatoms. The van der Waals surface area contributed by atoms with Gasteiger partial charge in [-0.15, -0.1) is 0 Å². The third-order valence-electron chi connectivity index (χ3n) is 7.94. The number of alkyl halides is 6. The van der Waals surface area contributed by atoms with E-state index in [1.807, 2.05) is 6.07 Å². The van der Waals surface area contributed by atoms with Gasteiger partial charge in [0.15, 0.2) is 0 Å². The number of nitrogens with two attached hydrogens (primary N) is 1. The van der Waals surface area contributed by atoms with Gasteiger partial charge in [-0.25, -0.2) is 0 Å². The Kier molecular flexibility index (Phi) is 10.7. The topological polar surface area (TPSA) is 155 Å². The van der Waals surface area contributed by atoms with E-state index in [0.29, 0.717) is 30.1 Å². The van der Waals surface area contributed by atoms with Crippen LogP contribution in [0, 0.1) is 34.5 Å². The van der Waals surface area contributed by atoms with Crippen LogP contribution in [0.15, 0.2) is 0 Å². The van der Waals surface area contributed by atoms with Gasteiger partial charge >= 0.3 is 18.3 Å². The molecule has 41 heavy (non-hydrogen) atoms. The van der Waals surface area contributed by atoms with Gasteiger partial charge in [0.25, 0.3) is 0 Å². The lowest BCUT2D eigenvalue weighted by Gasteiger charge is -2.24. The van der Waals surface area contributed by atoms with Gasteiger partial charge in [-0.1, -0.05) is 13.8 Å². The average molecular weight is 600 g/mol. The predicted molar refractivity (Wildman–Crippen MR) is 130 cm³/mol. The first kappa shape index (κ1) is 34.1. The number of fused-ring (bicyclic) bond motifs is 1. The van der Waals surface area contributed by atoms with E-state index in [4.69, 9.17) is 10.1 Å². The van der Waals surface area contributed by atoms with Crippen LogP contribution in [0.25, 0.3) is 0 Å². The van der Waals surface area contributed by atoms with Crippen molar-refractivity contribution in [1.29, 1.82) is 5.26 Å². The van der Waals surface area contributed by atoms with Gasteiger partial charge in [0.1, 0.15) is 12.6 Å².